The molecule has 3 nitrogen and oxygen atoms in total. The summed E-state index contributed by atoms with van der Waals surface area (Å²) in [4.78, 5) is 0. The van der Waals surface area contributed by atoms with E-state index in [4.69, 9.17) is 9.47 Å². The quantitative estimate of drug-likeness (QED) is 0.923. The first-order chi connectivity index (χ1) is 10.1. The summed E-state index contributed by atoms with van der Waals surface area (Å²) in [5.74, 6) is 1.67. The topological polar surface area (TPSA) is 30.5 Å². The second kappa shape index (κ2) is 5.78. The van der Waals surface area contributed by atoms with Crippen LogP contribution in [0, 0.1) is 13.8 Å². The molecule has 1 atom stereocenters. The van der Waals surface area contributed by atoms with E-state index in [-0.39, 0.29) is 6.04 Å². The number of rotatable bonds is 4. The second-order valence-electron chi connectivity index (χ2n) is 5.65. The van der Waals surface area contributed by atoms with Crippen LogP contribution in [-0.4, -0.2) is 6.79 Å². The van der Waals surface area contributed by atoms with E-state index in [0.29, 0.717) is 6.79 Å². The van der Waals surface area contributed by atoms with Crippen LogP contribution in [-0.2, 0) is 6.54 Å². The first-order valence-corrected chi connectivity index (χ1v) is 7.32. The highest BCUT2D eigenvalue weighted by Gasteiger charge is 2.15. The number of hydrogen-bond donors (Lipinski definition) is 1. The average molecular weight is 283 g/mol. The zero-order valence-corrected chi connectivity index (χ0v) is 12.8. The Morgan fingerprint density at radius 1 is 1.05 bits per heavy atom. The highest BCUT2D eigenvalue weighted by Crippen LogP contribution is 2.34. The molecule has 2 aromatic rings. The minimum absolute atomic E-state index is 0.264. The molecule has 1 unspecified atom stereocenters. The van der Waals surface area contributed by atoms with E-state index in [1.807, 2.05) is 6.07 Å². The zero-order chi connectivity index (χ0) is 14.8. The zero-order valence-electron chi connectivity index (χ0n) is 12.8. The van der Waals surface area contributed by atoms with Crippen LogP contribution in [0.3, 0.4) is 0 Å². The lowest BCUT2D eigenvalue weighted by Gasteiger charge is -2.16. The van der Waals surface area contributed by atoms with Crippen molar-refractivity contribution in [2.24, 2.45) is 0 Å². The monoisotopic (exact) mass is 283 g/mol. The van der Waals surface area contributed by atoms with Crippen LogP contribution < -0.4 is 14.8 Å². The van der Waals surface area contributed by atoms with Gasteiger partial charge in [0.1, 0.15) is 0 Å². The predicted octanol–water partition coefficient (Wildman–Crippen LogP) is 3.88. The molecule has 3 heteroatoms. The van der Waals surface area contributed by atoms with Crippen LogP contribution in [0.2, 0.25) is 0 Å². The molecule has 1 N–H and O–H groups in total. The third-order valence-corrected chi connectivity index (χ3v) is 3.99. The molecule has 1 heterocycles. The molecule has 2 aromatic carbocycles. The van der Waals surface area contributed by atoms with Crippen molar-refractivity contribution in [1.82, 2.24) is 5.32 Å². The highest BCUT2D eigenvalue weighted by molar-refractivity contribution is 5.45. The molecule has 3 rings (SSSR count). The number of ether oxygens (including phenoxy) is 2. The third-order valence-electron chi connectivity index (χ3n) is 3.99. The Labute approximate surface area is 125 Å². The largest absolute Gasteiger partial charge is 0.454 e. The summed E-state index contributed by atoms with van der Waals surface area (Å²) in [5.41, 5.74) is 5.19. The molecule has 1 aliphatic rings. The van der Waals surface area contributed by atoms with Crippen LogP contribution in [0.25, 0.3) is 0 Å². The van der Waals surface area contributed by atoms with Gasteiger partial charge in [0.25, 0.3) is 0 Å². The van der Waals surface area contributed by atoms with Crippen molar-refractivity contribution in [2.75, 3.05) is 6.79 Å². The van der Waals surface area contributed by atoms with Crippen molar-refractivity contribution in [2.45, 2.75) is 33.4 Å². The Bertz CT molecular complexity index is 652. The standard InChI is InChI=1S/C18H21NO2/c1-12-4-5-16(13(2)8-12)10-19-14(3)15-6-7-17-18(9-15)21-11-20-17/h4-9,14,19H,10-11H2,1-3H3. The lowest BCUT2D eigenvalue weighted by atomic mass is 10.0. The van der Waals surface area contributed by atoms with Crippen molar-refractivity contribution in [3.05, 3.63) is 58.7 Å². The lowest BCUT2D eigenvalue weighted by molar-refractivity contribution is 0.174. The van der Waals surface area contributed by atoms with Gasteiger partial charge in [-0.3, -0.25) is 0 Å². The molecule has 0 saturated carbocycles. The Morgan fingerprint density at radius 3 is 2.67 bits per heavy atom. The van der Waals surface area contributed by atoms with Gasteiger partial charge in [0.05, 0.1) is 0 Å². The second-order valence-corrected chi connectivity index (χ2v) is 5.65. The Morgan fingerprint density at radius 2 is 1.86 bits per heavy atom. The summed E-state index contributed by atoms with van der Waals surface area (Å²) >= 11 is 0. The molecule has 0 saturated heterocycles. The van der Waals surface area contributed by atoms with Gasteiger partial charge in [0.15, 0.2) is 11.5 Å². The molecule has 0 aliphatic carbocycles. The maximum Gasteiger partial charge on any atom is 0.231 e. The van der Waals surface area contributed by atoms with E-state index in [9.17, 15) is 0 Å². The molecular weight excluding hydrogens is 262 g/mol. The van der Waals surface area contributed by atoms with Crippen molar-refractivity contribution in [3.63, 3.8) is 0 Å². The molecule has 0 spiro atoms. The fourth-order valence-corrected chi connectivity index (χ4v) is 2.61. The fourth-order valence-electron chi connectivity index (χ4n) is 2.61. The first-order valence-electron chi connectivity index (χ1n) is 7.32. The highest BCUT2D eigenvalue weighted by atomic mass is 16.7. The summed E-state index contributed by atoms with van der Waals surface area (Å²) < 4.78 is 10.8. The number of nitrogens with one attached hydrogen (secondary N) is 1. The van der Waals surface area contributed by atoms with E-state index < -0.39 is 0 Å². The summed E-state index contributed by atoms with van der Waals surface area (Å²) in [5, 5.41) is 3.57. The van der Waals surface area contributed by atoms with Crippen LogP contribution in [0.1, 0.15) is 35.2 Å². The normalized spacial score (nSPS) is 14.2. The molecule has 21 heavy (non-hydrogen) atoms. The van der Waals surface area contributed by atoms with Crippen LogP contribution in [0.15, 0.2) is 36.4 Å². The van der Waals surface area contributed by atoms with Crippen LogP contribution in [0.4, 0.5) is 0 Å². The maximum atomic E-state index is 5.43. The predicted molar refractivity (Wildman–Crippen MR) is 83.7 cm³/mol. The summed E-state index contributed by atoms with van der Waals surface area (Å²) in [6.07, 6.45) is 0. The SMILES string of the molecule is Cc1ccc(CNC(C)c2ccc3c(c2)OCO3)c(C)c1. The van der Waals surface area contributed by atoms with Crippen molar-refractivity contribution >= 4 is 0 Å². The molecule has 110 valence electrons. The van der Waals surface area contributed by atoms with Crippen molar-refractivity contribution in [3.8, 4) is 11.5 Å². The molecule has 1 aliphatic heterocycles. The van der Waals surface area contributed by atoms with Gasteiger partial charge in [-0.1, -0.05) is 29.8 Å². The third kappa shape index (κ3) is 3.03. The first kappa shape index (κ1) is 14.0. The molecule has 0 bridgehead atoms. The number of benzene rings is 2. The van der Waals surface area contributed by atoms with E-state index in [1.54, 1.807) is 0 Å². The molecule has 0 aromatic heterocycles. The minimum Gasteiger partial charge on any atom is -0.454 e. The Balaban J connectivity index is 1.67. The number of aryl methyl sites for hydroxylation is 2. The molecule has 0 amide bonds. The van der Waals surface area contributed by atoms with E-state index in [1.165, 1.54) is 22.3 Å². The number of hydrogen-bond acceptors (Lipinski definition) is 3. The molecule has 0 radical (unpaired) electrons. The van der Waals surface area contributed by atoms with Gasteiger partial charge in [0.2, 0.25) is 6.79 Å². The summed E-state index contributed by atoms with van der Waals surface area (Å²) in [6, 6.07) is 13.0. The smallest absolute Gasteiger partial charge is 0.231 e. The van der Waals surface area contributed by atoms with Crippen LogP contribution in [0.5, 0.6) is 11.5 Å². The van der Waals surface area contributed by atoms with Gasteiger partial charge in [-0.05, 0) is 49.6 Å². The molecular formula is C18H21NO2. The Kier molecular flexibility index (Phi) is 3.84. The van der Waals surface area contributed by atoms with Crippen LogP contribution >= 0.6 is 0 Å². The molecule has 0 fully saturated rings. The van der Waals surface area contributed by atoms with E-state index in [2.05, 4.69) is 56.4 Å². The minimum atomic E-state index is 0.264. The van der Waals surface area contributed by atoms with Gasteiger partial charge in [-0.25, -0.2) is 0 Å². The van der Waals surface area contributed by atoms with Gasteiger partial charge in [-0.15, -0.1) is 0 Å². The van der Waals surface area contributed by atoms with Crippen molar-refractivity contribution in [1.29, 1.82) is 0 Å². The fraction of sp³-hybridized carbons (Fsp3) is 0.333. The van der Waals surface area contributed by atoms with E-state index >= 15 is 0 Å². The number of fused-ring (bicyclic) bond motifs is 1. The van der Waals surface area contributed by atoms with Gasteiger partial charge in [0, 0.05) is 12.6 Å². The Hall–Kier alpha value is -2.00. The van der Waals surface area contributed by atoms with Gasteiger partial charge >= 0.3 is 0 Å². The summed E-state index contributed by atoms with van der Waals surface area (Å²) in [7, 11) is 0. The lowest BCUT2D eigenvalue weighted by Crippen LogP contribution is -2.18. The maximum absolute atomic E-state index is 5.43. The van der Waals surface area contributed by atoms with Gasteiger partial charge < -0.3 is 14.8 Å². The summed E-state index contributed by atoms with van der Waals surface area (Å²) in [6.45, 7) is 7.64. The van der Waals surface area contributed by atoms with Gasteiger partial charge in [-0.2, -0.15) is 0 Å². The van der Waals surface area contributed by atoms with E-state index in [0.717, 1.165) is 18.0 Å². The van der Waals surface area contributed by atoms with Crippen molar-refractivity contribution < 1.29 is 9.47 Å². The average Bonchev–Trinajstić information content (AvgIpc) is 2.93.